The van der Waals surface area contributed by atoms with Crippen molar-refractivity contribution in [3.63, 3.8) is 0 Å². The molecule has 0 radical (unpaired) electrons. The van der Waals surface area contributed by atoms with Crippen LogP contribution in [0.3, 0.4) is 0 Å². The summed E-state index contributed by atoms with van der Waals surface area (Å²) in [5.41, 5.74) is 1.16. The quantitative estimate of drug-likeness (QED) is 0.717. The second-order valence-corrected chi connectivity index (χ2v) is 8.48. The average molecular weight is 414 g/mol. The minimum absolute atomic E-state index is 0.0401. The molecule has 162 valence electrons. The molecule has 0 aliphatic carbocycles. The van der Waals surface area contributed by atoms with Crippen LogP contribution < -0.4 is 0 Å². The number of rotatable bonds is 5. The Bertz CT molecular complexity index is 833. The monoisotopic (exact) mass is 413 g/mol. The number of piperazine rings is 1. The number of carbonyl (C=O) groups excluding carboxylic acids is 1. The van der Waals surface area contributed by atoms with Gasteiger partial charge >= 0.3 is 0 Å². The largest absolute Gasteiger partial charge is 0.373 e. The molecule has 0 N–H and O–H groups in total. The summed E-state index contributed by atoms with van der Waals surface area (Å²) < 4.78 is 7.45. The van der Waals surface area contributed by atoms with Gasteiger partial charge in [0.05, 0.1) is 24.8 Å². The maximum atomic E-state index is 13.3. The predicted octanol–water partition coefficient (Wildman–Crippen LogP) is 0.798. The van der Waals surface area contributed by atoms with Gasteiger partial charge in [0.25, 0.3) is 0 Å². The Morgan fingerprint density at radius 3 is 2.57 bits per heavy atom. The Morgan fingerprint density at radius 1 is 1.10 bits per heavy atom. The van der Waals surface area contributed by atoms with Crippen LogP contribution in [-0.2, 0) is 22.6 Å². The highest BCUT2D eigenvalue weighted by Crippen LogP contribution is 2.25. The van der Waals surface area contributed by atoms with Gasteiger partial charge in [-0.3, -0.25) is 9.69 Å². The van der Waals surface area contributed by atoms with Gasteiger partial charge in [0.2, 0.25) is 5.91 Å². The first kappa shape index (κ1) is 20.9. The second kappa shape index (κ2) is 9.20. The number of amides is 1. The standard InChI is InChI=1S/C21H31N7O2/c1-16-11-26(12-17(2)30-16)14-20-22-23-24-28(20)15-21(29)27-10-9-25(3)13-19(27)18-7-5-4-6-8-18/h4-8,16-17,19H,9-15H2,1-3H3/t16-,17+,19-/m1/s1. The van der Waals surface area contributed by atoms with Crippen molar-refractivity contribution in [3.8, 4) is 0 Å². The van der Waals surface area contributed by atoms with Gasteiger partial charge in [-0.25, -0.2) is 4.68 Å². The maximum Gasteiger partial charge on any atom is 0.245 e. The fourth-order valence-electron chi connectivity index (χ4n) is 4.47. The van der Waals surface area contributed by atoms with E-state index in [4.69, 9.17) is 4.74 Å². The molecule has 30 heavy (non-hydrogen) atoms. The van der Waals surface area contributed by atoms with E-state index in [1.54, 1.807) is 4.68 Å². The van der Waals surface area contributed by atoms with E-state index in [0.717, 1.165) is 37.6 Å². The number of hydrogen-bond donors (Lipinski definition) is 0. The van der Waals surface area contributed by atoms with Crippen molar-refractivity contribution in [2.45, 2.75) is 45.2 Å². The summed E-state index contributed by atoms with van der Waals surface area (Å²) in [5, 5.41) is 12.1. The molecular formula is C21H31N7O2. The molecule has 2 aromatic rings. The van der Waals surface area contributed by atoms with Gasteiger partial charge in [-0.2, -0.15) is 0 Å². The Hall–Kier alpha value is -2.36. The third-order valence-electron chi connectivity index (χ3n) is 5.84. The molecule has 2 aliphatic rings. The molecule has 9 heteroatoms. The van der Waals surface area contributed by atoms with Crippen molar-refractivity contribution in [3.05, 3.63) is 41.7 Å². The highest BCUT2D eigenvalue weighted by molar-refractivity contribution is 5.76. The molecule has 1 aromatic heterocycles. The summed E-state index contributed by atoms with van der Waals surface area (Å²) in [5.74, 6) is 0.768. The Morgan fingerprint density at radius 2 is 1.83 bits per heavy atom. The summed E-state index contributed by atoms with van der Waals surface area (Å²) in [6.45, 7) is 8.97. The van der Waals surface area contributed by atoms with Crippen LogP contribution in [0, 0.1) is 0 Å². The molecule has 2 saturated heterocycles. The van der Waals surface area contributed by atoms with E-state index >= 15 is 0 Å². The van der Waals surface area contributed by atoms with Crippen LogP contribution in [-0.4, -0.2) is 92.8 Å². The maximum absolute atomic E-state index is 13.3. The summed E-state index contributed by atoms with van der Waals surface area (Å²) >= 11 is 0. The molecule has 9 nitrogen and oxygen atoms in total. The van der Waals surface area contributed by atoms with Crippen LogP contribution in [0.1, 0.15) is 31.3 Å². The number of tetrazole rings is 1. The first-order valence-electron chi connectivity index (χ1n) is 10.7. The molecule has 4 rings (SSSR count). The van der Waals surface area contributed by atoms with E-state index in [1.807, 2.05) is 23.1 Å². The average Bonchev–Trinajstić information content (AvgIpc) is 3.14. The first-order valence-corrected chi connectivity index (χ1v) is 10.7. The molecule has 2 aliphatic heterocycles. The molecule has 2 fully saturated rings. The van der Waals surface area contributed by atoms with Crippen molar-refractivity contribution in [2.24, 2.45) is 0 Å². The summed E-state index contributed by atoms with van der Waals surface area (Å²) in [4.78, 5) is 19.8. The third kappa shape index (κ3) is 4.85. The summed E-state index contributed by atoms with van der Waals surface area (Å²) in [6, 6.07) is 10.3. The predicted molar refractivity (Wildman–Crippen MR) is 111 cm³/mol. The molecule has 1 amide bonds. The SMILES string of the molecule is C[C@@H]1CN(Cc2nnnn2CC(=O)N2CCN(C)C[C@@H]2c2ccccc2)C[C@H](C)O1. The van der Waals surface area contributed by atoms with Gasteiger partial charge in [-0.1, -0.05) is 30.3 Å². The lowest BCUT2D eigenvalue weighted by atomic mass is 10.0. The molecule has 0 bridgehead atoms. The van der Waals surface area contributed by atoms with Crippen molar-refractivity contribution < 1.29 is 9.53 Å². The molecular weight excluding hydrogens is 382 g/mol. The normalized spacial score (nSPS) is 26.1. The zero-order chi connectivity index (χ0) is 21.1. The Labute approximate surface area is 177 Å². The van der Waals surface area contributed by atoms with E-state index in [1.165, 1.54) is 0 Å². The lowest BCUT2D eigenvalue weighted by Gasteiger charge is -2.40. The fourth-order valence-corrected chi connectivity index (χ4v) is 4.47. The van der Waals surface area contributed by atoms with Crippen molar-refractivity contribution in [1.29, 1.82) is 0 Å². The molecule has 3 atom stereocenters. The van der Waals surface area contributed by atoms with Crippen LogP contribution >= 0.6 is 0 Å². The van der Waals surface area contributed by atoms with Gasteiger partial charge < -0.3 is 14.5 Å². The molecule has 3 heterocycles. The van der Waals surface area contributed by atoms with Gasteiger partial charge in [-0.05, 0) is 36.9 Å². The van der Waals surface area contributed by atoms with Crippen LogP contribution in [0.4, 0.5) is 0 Å². The number of likely N-dealkylation sites (N-methyl/N-ethyl adjacent to an activating group) is 1. The minimum Gasteiger partial charge on any atom is -0.373 e. The van der Waals surface area contributed by atoms with E-state index in [2.05, 4.69) is 58.4 Å². The van der Waals surface area contributed by atoms with Gasteiger partial charge in [0.15, 0.2) is 5.82 Å². The first-order chi connectivity index (χ1) is 14.5. The van der Waals surface area contributed by atoms with E-state index in [-0.39, 0.29) is 30.7 Å². The number of ether oxygens (including phenoxy) is 1. The van der Waals surface area contributed by atoms with E-state index < -0.39 is 0 Å². The van der Waals surface area contributed by atoms with Crippen LogP contribution in [0.5, 0.6) is 0 Å². The van der Waals surface area contributed by atoms with E-state index in [9.17, 15) is 4.79 Å². The number of morpholine rings is 1. The number of hydrogen-bond acceptors (Lipinski definition) is 7. The minimum atomic E-state index is 0.0401. The molecule has 0 saturated carbocycles. The highest BCUT2D eigenvalue weighted by Gasteiger charge is 2.31. The third-order valence-corrected chi connectivity index (χ3v) is 5.84. The van der Waals surface area contributed by atoms with Crippen molar-refractivity contribution in [2.75, 3.05) is 39.8 Å². The Kier molecular flexibility index (Phi) is 6.40. The topological polar surface area (TPSA) is 79.6 Å². The van der Waals surface area contributed by atoms with Gasteiger partial charge in [-0.15, -0.1) is 5.10 Å². The zero-order valence-corrected chi connectivity index (χ0v) is 18.0. The van der Waals surface area contributed by atoms with Crippen molar-refractivity contribution in [1.82, 2.24) is 34.9 Å². The number of carbonyl (C=O) groups is 1. The lowest BCUT2D eigenvalue weighted by Crippen LogP contribution is -2.50. The number of nitrogens with zero attached hydrogens (tertiary/aromatic N) is 7. The Balaban J connectivity index is 1.45. The van der Waals surface area contributed by atoms with Crippen LogP contribution in [0.15, 0.2) is 30.3 Å². The van der Waals surface area contributed by atoms with Gasteiger partial charge in [0.1, 0.15) is 6.54 Å². The molecule has 0 spiro atoms. The van der Waals surface area contributed by atoms with Crippen LogP contribution in [0.25, 0.3) is 0 Å². The molecule has 1 aromatic carbocycles. The number of aromatic nitrogens is 4. The zero-order valence-electron chi connectivity index (χ0n) is 18.0. The second-order valence-electron chi connectivity index (χ2n) is 8.48. The fraction of sp³-hybridized carbons (Fsp3) is 0.619. The van der Waals surface area contributed by atoms with Gasteiger partial charge in [0, 0.05) is 32.7 Å². The smallest absolute Gasteiger partial charge is 0.245 e. The lowest BCUT2D eigenvalue weighted by molar-refractivity contribution is -0.137. The molecule has 0 unspecified atom stereocenters. The van der Waals surface area contributed by atoms with E-state index in [0.29, 0.717) is 13.1 Å². The van der Waals surface area contributed by atoms with Crippen molar-refractivity contribution >= 4 is 5.91 Å². The summed E-state index contributed by atoms with van der Waals surface area (Å²) in [7, 11) is 2.10. The van der Waals surface area contributed by atoms with Crippen LogP contribution in [0.2, 0.25) is 0 Å². The number of benzene rings is 1. The highest BCUT2D eigenvalue weighted by atomic mass is 16.5. The summed E-state index contributed by atoms with van der Waals surface area (Å²) in [6.07, 6.45) is 0.355.